The first-order chi connectivity index (χ1) is 8.06. The molecule has 0 aliphatic carbocycles. The van der Waals surface area contributed by atoms with Crippen LogP contribution in [-0.4, -0.2) is 30.2 Å². The Morgan fingerprint density at radius 1 is 1.47 bits per heavy atom. The van der Waals surface area contributed by atoms with Gasteiger partial charge in [-0.05, 0) is 19.4 Å². The topological polar surface area (TPSA) is 47.0 Å². The van der Waals surface area contributed by atoms with E-state index in [0.717, 1.165) is 18.5 Å². The molecule has 1 aromatic rings. The van der Waals surface area contributed by atoms with Crippen LogP contribution in [0.15, 0.2) is 6.20 Å². The summed E-state index contributed by atoms with van der Waals surface area (Å²) in [6.07, 6.45) is 3.45. The normalized spacial score (nSPS) is 12.8. The van der Waals surface area contributed by atoms with Gasteiger partial charge in [-0.15, -0.1) is 0 Å². The predicted molar refractivity (Wildman–Crippen MR) is 69.6 cm³/mol. The van der Waals surface area contributed by atoms with Gasteiger partial charge in [-0.25, -0.2) is 4.98 Å². The van der Waals surface area contributed by atoms with Gasteiger partial charge in [-0.3, -0.25) is 0 Å². The summed E-state index contributed by atoms with van der Waals surface area (Å²) in [4.78, 5) is 8.25. The van der Waals surface area contributed by atoms with Gasteiger partial charge in [-0.2, -0.15) is 4.98 Å². The number of rotatable bonds is 6. The van der Waals surface area contributed by atoms with Crippen LogP contribution in [0.5, 0.6) is 6.01 Å². The van der Waals surface area contributed by atoms with Crippen LogP contribution >= 0.6 is 11.6 Å². The van der Waals surface area contributed by atoms with Gasteiger partial charge in [0.1, 0.15) is 0 Å². The quantitative estimate of drug-likeness (QED) is 0.850. The molecular formula is C12H20ClN3O. The zero-order valence-corrected chi connectivity index (χ0v) is 11.6. The number of nitrogens with one attached hydrogen (secondary N) is 1. The van der Waals surface area contributed by atoms with E-state index < -0.39 is 0 Å². The lowest BCUT2D eigenvalue weighted by molar-refractivity contribution is 0.375. The Balaban J connectivity index is 2.77. The molecule has 1 heterocycles. The number of hydrogen-bond acceptors (Lipinski definition) is 4. The molecular weight excluding hydrogens is 238 g/mol. The largest absolute Gasteiger partial charge is 0.467 e. The highest BCUT2D eigenvalue weighted by atomic mass is 35.5. The lowest BCUT2D eigenvalue weighted by atomic mass is 10.00. The standard InChI is InChI=1S/C12H20ClN3O/c1-8(2)5-9(14-3)6-11-10(13)7-15-12(16-11)17-4/h7-9,14H,5-6H2,1-4H3. The van der Waals surface area contributed by atoms with E-state index in [4.69, 9.17) is 16.3 Å². The van der Waals surface area contributed by atoms with Crippen LogP contribution in [0.2, 0.25) is 5.02 Å². The maximum absolute atomic E-state index is 6.08. The number of likely N-dealkylation sites (N-methyl/N-ethyl adjacent to an activating group) is 1. The van der Waals surface area contributed by atoms with E-state index in [-0.39, 0.29) is 0 Å². The summed E-state index contributed by atoms with van der Waals surface area (Å²) in [7, 11) is 3.51. The van der Waals surface area contributed by atoms with Gasteiger partial charge < -0.3 is 10.1 Å². The van der Waals surface area contributed by atoms with Gasteiger partial charge >= 0.3 is 6.01 Å². The Morgan fingerprint density at radius 2 is 2.18 bits per heavy atom. The average Bonchev–Trinajstić information content (AvgIpc) is 2.30. The van der Waals surface area contributed by atoms with E-state index in [2.05, 4.69) is 29.1 Å². The molecule has 1 N–H and O–H groups in total. The summed E-state index contributed by atoms with van der Waals surface area (Å²) in [5.41, 5.74) is 0.832. The van der Waals surface area contributed by atoms with Crippen molar-refractivity contribution in [2.45, 2.75) is 32.7 Å². The second-order valence-corrected chi connectivity index (χ2v) is 4.88. The van der Waals surface area contributed by atoms with Gasteiger partial charge in [0.25, 0.3) is 0 Å². The molecule has 0 aromatic carbocycles. The van der Waals surface area contributed by atoms with Gasteiger partial charge in [0.05, 0.1) is 24.0 Å². The zero-order valence-electron chi connectivity index (χ0n) is 10.8. The molecule has 1 atom stereocenters. The van der Waals surface area contributed by atoms with E-state index in [1.165, 1.54) is 0 Å². The summed E-state index contributed by atoms with van der Waals surface area (Å²) in [5.74, 6) is 0.634. The molecule has 0 saturated heterocycles. The molecule has 0 fully saturated rings. The Labute approximate surface area is 108 Å². The van der Waals surface area contributed by atoms with Crippen molar-refractivity contribution in [3.05, 3.63) is 16.9 Å². The van der Waals surface area contributed by atoms with Crippen molar-refractivity contribution in [3.8, 4) is 6.01 Å². The first-order valence-electron chi connectivity index (χ1n) is 5.79. The molecule has 0 bridgehead atoms. The van der Waals surface area contributed by atoms with E-state index in [9.17, 15) is 0 Å². The molecule has 0 radical (unpaired) electrons. The third kappa shape index (κ3) is 4.48. The highest BCUT2D eigenvalue weighted by molar-refractivity contribution is 6.31. The third-order valence-electron chi connectivity index (χ3n) is 2.58. The summed E-state index contributed by atoms with van der Waals surface area (Å²) in [5, 5.41) is 3.88. The second-order valence-electron chi connectivity index (χ2n) is 4.47. The summed E-state index contributed by atoms with van der Waals surface area (Å²) in [6.45, 7) is 4.40. The third-order valence-corrected chi connectivity index (χ3v) is 2.90. The molecule has 5 heteroatoms. The number of nitrogens with zero attached hydrogens (tertiary/aromatic N) is 2. The van der Waals surface area contributed by atoms with Crippen molar-refractivity contribution in [2.24, 2.45) is 5.92 Å². The molecule has 0 aliphatic heterocycles. The Hall–Kier alpha value is -0.870. The molecule has 17 heavy (non-hydrogen) atoms. The van der Waals surface area contributed by atoms with Gasteiger partial charge in [0.15, 0.2) is 0 Å². The maximum Gasteiger partial charge on any atom is 0.316 e. The molecule has 1 rings (SSSR count). The number of methoxy groups -OCH3 is 1. The van der Waals surface area contributed by atoms with Crippen LogP contribution in [0.3, 0.4) is 0 Å². The highest BCUT2D eigenvalue weighted by Gasteiger charge is 2.14. The van der Waals surface area contributed by atoms with Gasteiger partial charge in [0, 0.05) is 12.5 Å². The first kappa shape index (κ1) is 14.2. The van der Waals surface area contributed by atoms with E-state index in [1.807, 2.05) is 7.05 Å². The molecule has 1 aromatic heterocycles. The molecule has 4 nitrogen and oxygen atoms in total. The predicted octanol–water partition coefficient (Wildman–Crippen LogP) is 2.32. The van der Waals surface area contributed by atoms with Crippen molar-refractivity contribution in [1.82, 2.24) is 15.3 Å². The number of hydrogen-bond donors (Lipinski definition) is 1. The van der Waals surface area contributed by atoms with Crippen LogP contribution in [0.4, 0.5) is 0 Å². The minimum atomic E-state index is 0.365. The Bertz CT molecular complexity index is 358. The minimum absolute atomic E-state index is 0.365. The van der Waals surface area contributed by atoms with E-state index in [1.54, 1.807) is 13.3 Å². The van der Waals surface area contributed by atoms with E-state index >= 15 is 0 Å². The SMILES string of the molecule is CNC(Cc1nc(OC)ncc1Cl)CC(C)C. The summed E-state index contributed by atoms with van der Waals surface area (Å²) < 4.78 is 5.00. The fourth-order valence-electron chi connectivity index (χ4n) is 1.73. The van der Waals surface area contributed by atoms with Crippen molar-refractivity contribution in [3.63, 3.8) is 0 Å². The fourth-order valence-corrected chi connectivity index (χ4v) is 1.90. The lowest BCUT2D eigenvalue weighted by Gasteiger charge is -2.18. The minimum Gasteiger partial charge on any atom is -0.467 e. The molecule has 1 unspecified atom stereocenters. The van der Waals surface area contributed by atoms with Crippen molar-refractivity contribution in [1.29, 1.82) is 0 Å². The molecule has 96 valence electrons. The first-order valence-corrected chi connectivity index (χ1v) is 6.17. The smallest absolute Gasteiger partial charge is 0.316 e. The number of halogens is 1. The van der Waals surface area contributed by atoms with Crippen molar-refractivity contribution >= 4 is 11.6 Å². The monoisotopic (exact) mass is 257 g/mol. The van der Waals surface area contributed by atoms with Crippen LogP contribution in [0.25, 0.3) is 0 Å². The van der Waals surface area contributed by atoms with E-state index in [0.29, 0.717) is 23.0 Å². The lowest BCUT2D eigenvalue weighted by Crippen LogP contribution is -2.29. The van der Waals surface area contributed by atoms with Crippen LogP contribution in [0, 0.1) is 5.92 Å². The Kier molecular flexibility index (Phi) is 5.65. The van der Waals surface area contributed by atoms with Crippen LogP contribution < -0.4 is 10.1 Å². The fraction of sp³-hybridized carbons (Fsp3) is 0.667. The summed E-state index contributed by atoms with van der Waals surface area (Å²) >= 11 is 6.08. The number of ether oxygens (including phenoxy) is 1. The molecule has 0 amide bonds. The highest BCUT2D eigenvalue weighted by Crippen LogP contribution is 2.18. The van der Waals surface area contributed by atoms with Gasteiger partial charge in [-0.1, -0.05) is 25.4 Å². The maximum atomic E-state index is 6.08. The van der Waals surface area contributed by atoms with Crippen LogP contribution in [0.1, 0.15) is 26.0 Å². The van der Waals surface area contributed by atoms with Crippen LogP contribution in [-0.2, 0) is 6.42 Å². The Morgan fingerprint density at radius 3 is 2.71 bits per heavy atom. The number of aromatic nitrogens is 2. The molecule has 0 saturated carbocycles. The second kappa shape index (κ2) is 6.77. The molecule has 0 aliphatic rings. The molecule has 0 spiro atoms. The van der Waals surface area contributed by atoms with Gasteiger partial charge in [0.2, 0.25) is 0 Å². The zero-order chi connectivity index (χ0) is 12.8. The van der Waals surface area contributed by atoms with Crippen molar-refractivity contribution < 1.29 is 4.74 Å². The van der Waals surface area contributed by atoms with Crippen molar-refractivity contribution in [2.75, 3.05) is 14.2 Å². The summed E-state index contributed by atoms with van der Waals surface area (Å²) in [6, 6.07) is 0.732. The average molecular weight is 258 g/mol.